The smallest absolute Gasteiger partial charge is 0.123 e. The summed E-state index contributed by atoms with van der Waals surface area (Å²) in [6.07, 6.45) is 1.23. The molecule has 3 nitrogen and oxygen atoms in total. The van der Waals surface area contributed by atoms with E-state index in [1.807, 2.05) is 0 Å². The van der Waals surface area contributed by atoms with E-state index in [0.717, 1.165) is 35.8 Å². The molecule has 21 heavy (non-hydrogen) atoms. The molecule has 0 amide bonds. The lowest BCUT2D eigenvalue weighted by Gasteiger charge is -2.28. The minimum atomic E-state index is -0.222. The summed E-state index contributed by atoms with van der Waals surface area (Å²) in [7, 11) is 0. The van der Waals surface area contributed by atoms with Crippen LogP contribution >= 0.6 is 11.3 Å². The molecule has 2 unspecified atom stereocenters. The largest absolute Gasteiger partial charge is 0.377 e. The van der Waals surface area contributed by atoms with E-state index in [0.29, 0.717) is 0 Å². The molecular weight excluding hydrogens is 287 g/mol. The average Bonchev–Trinajstić information content (AvgIpc) is 3.06. The van der Waals surface area contributed by atoms with Gasteiger partial charge in [0.05, 0.1) is 11.8 Å². The molecule has 0 spiro atoms. The summed E-state index contributed by atoms with van der Waals surface area (Å²) < 4.78 is 18.6. The van der Waals surface area contributed by atoms with Crippen LogP contribution in [0.3, 0.4) is 0 Å². The third-order valence-electron chi connectivity index (χ3n) is 4.20. The van der Waals surface area contributed by atoms with E-state index in [9.17, 15) is 4.39 Å². The van der Waals surface area contributed by atoms with Gasteiger partial charge in [-0.1, -0.05) is 0 Å². The van der Waals surface area contributed by atoms with Gasteiger partial charge in [-0.2, -0.15) is 0 Å². The molecule has 112 valence electrons. The maximum absolute atomic E-state index is 12.9. The number of hydrogen-bond acceptors (Lipinski definition) is 4. The second-order valence-corrected chi connectivity index (χ2v) is 6.54. The van der Waals surface area contributed by atoms with Crippen molar-refractivity contribution >= 4 is 11.3 Å². The van der Waals surface area contributed by atoms with Crippen LogP contribution in [0, 0.1) is 5.82 Å². The minimum absolute atomic E-state index is 0.0135. The van der Waals surface area contributed by atoms with Crippen molar-refractivity contribution in [1.82, 2.24) is 10.3 Å². The van der Waals surface area contributed by atoms with Gasteiger partial charge in [-0.05, 0) is 44.5 Å². The van der Waals surface area contributed by atoms with E-state index >= 15 is 0 Å². The molecule has 0 saturated carbocycles. The molecule has 1 fully saturated rings. The lowest BCUT2D eigenvalue weighted by molar-refractivity contribution is 0.0880. The molecule has 1 aliphatic heterocycles. The number of rotatable bonds is 4. The van der Waals surface area contributed by atoms with E-state index in [-0.39, 0.29) is 17.5 Å². The maximum Gasteiger partial charge on any atom is 0.123 e. The molecule has 1 aromatic heterocycles. The summed E-state index contributed by atoms with van der Waals surface area (Å²) >= 11 is 1.59. The first-order valence-corrected chi connectivity index (χ1v) is 8.02. The molecule has 0 aliphatic carbocycles. The Bertz CT molecular complexity index is 613. The van der Waals surface area contributed by atoms with Gasteiger partial charge in [-0.25, -0.2) is 9.37 Å². The van der Waals surface area contributed by atoms with Crippen molar-refractivity contribution < 1.29 is 9.13 Å². The summed E-state index contributed by atoms with van der Waals surface area (Å²) in [6.45, 7) is 5.83. The molecule has 2 atom stereocenters. The fraction of sp³-hybridized carbons (Fsp3) is 0.438. The van der Waals surface area contributed by atoms with E-state index in [4.69, 9.17) is 4.74 Å². The Kier molecular flexibility index (Phi) is 4.06. The van der Waals surface area contributed by atoms with Gasteiger partial charge in [0.25, 0.3) is 0 Å². The minimum Gasteiger partial charge on any atom is -0.377 e. The van der Waals surface area contributed by atoms with Crippen molar-refractivity contribution in [2.75, 3.05) is 6.61 Å². The first-order chi connectivity index (χ1) is 10.1. The summed E-state index contributed by atoms with van der Waals surface area (Å²) in [5, 5.41) is 6.53. The van der Waals surface area contributed by atoms with Crippen LogP contribution in [-0.4, -0.2) is 23.2 Å². The Morgan fingerprint density at radius 3 is 2.86 bits per heavy atom. The molecule has 1 N–H and O–H groups in total. The SMILES string of the molecule is CC1OCCC1(C)NCc1csc(-c2ccc(F)cc2)n1. The molecule has 3 rings (SSSR count). The highest BCUT2D eigenvalue weighted by molar-refractivity contribution is 7.13. The lowest BCUT2D eigenvalue weighted by Crippen LogP contribution is -2.47. The third-order valence-corrected chi connectivity index (χ3v) is 5.14. The van der Waals surface area contributed by atoms with Crippen molar-refractivity contribution in [2.24, 2.45) is 0 Å². The fourth-order valence-corrected chi connectivity index (χ4v) is 3.30. The van der Waals surface area contributed by atoms with Crippen molar-refractivity contribution in [1.29, 1.82) is 0 Å². The van der Waals surface area contributed by atoms with Crippen molar-refractivity contribution in [3.8, 4) is 10.6 Å². The monoisotopic (exact) mass is 306 g/mol. The predicted molar refractivity (Wildman–Crippen MR) is 82.8 cm³/mol. The Hall–Kier alpha value is -1.30. The molecular formula is C16H19FN2OS. The van der Waals surface area contributed by atoms with Crippen molar-refractivity contribution in [2.45, 2.75) is 38.5 Å². The summed E-state index contributed by atoms with van der Waals surface area (Å²) in [4.78, 5) is 4.62. The quantitative estimate of drug-likeness (QED) is 0.937. The molecule has 2 aromatic rings. The number of aromatic nitrogens is 1. The number of hydrogen-bond donors (Lipinski definition) is 1. The normalized spacial score (nSPS) is 25.4. The average molecular weight is 306 g/mol. The van der Waals surface area contributed by atoms with E-state index in [2.05, 4.69) is 29.5 Å². The van der Waals surface area contributed by atoms with Gasteiger partial charge in [0.1, 0.15) is 10.8 Å². The number of ether oxygens (including phenoxy) is 1. The van der Waals surface area contributed by atoms with Crippen LogP contribution in [-0.2, 0) is 11.3 Å². The van der Waals surface area contributed by atoms with Crippen molar-refractivity contribution in [3.05, 3.63) is 41.2 Å². The van der Waals surface area contributed by atoms with Gasteiger partial charge >= 0.3 is 0 Å². The van der Waals surface area contributed by atoms with Gasteiger partial charge < -0.3 is 10.1 Å². The lowest BCUT2D eigenvalue weighted by atomic mass is 9.95. The topological polar surface area (TPSA) is 34.1 Å². The maximum atomic E-state index is 12.9. The van der Waals surface area contributed by atoms with E-state index < -0.39 is 0 Å². The van der Waals surface area contributed by atoms with Crippen LogP contribution in [0.4, 0.5) is 4.39 Å². The molecule has 2 heterocycles. The Labute approximate surface area is 128 Å². The Balaban J connectivity index is 1.67. The highest BCUT2D eigenvalue weighted by Gasteiger charge is 2.36. The van der Waals surface area contributed by atoms with Crippen LogP contribution in [0.25, 0.3) is 10.6 Å². The zero-order chi connectivity index (χ0) is 14.9. The summed E-state index contributed by atoms with van der Waals surface area (Å²) in [6, 6.07) is 6.46. The number of halogens is 1. The fourth-order valence-electron chi connectivity index (χ4n) is 2.47. The first-order valence-electron chi connectivity index (χ1n) is 7.14. The zero-order valence-electron chi connectivity index (χ0n) is 12.2. The van der Waals surface area contributed by atoms with Crippen molar-refractivity contribution in [3.63, 3.8) is 0 Å². The number of thiazole rings is 1. The van der Waals surface area contributed by atoms with Crippen LogP contribution in [0.15, 0.2) is 29.6 Å². The number of nitrogens with zero attached hydrogens (tertiary/aromatic N) is 1. The molecule has 1 aliphatic rings. The highest BCUT2D eigenvalue weighted by Crippen LogP contribution is 2.27. The summed E-state index contributed by atoms with van der Waals surface area (Å²) in [5.74, 6) is -0.222. The van der Waals surface area contributed by atoms with Gasteiger partial charge in [0, 0.05) is 29.6 Å². The molecule has 1 aromatic carbocycles. The Morgan fingerprint density at radius 2 is 2.19 bits per heavy atom. The van der Waals surface area contributed by atoms with Gasteiger partial charge in [0.2, 0.25) is 0 Å². The molecule has 0 bridgehead atoms. The van der Waals surface area contributed by atoms with E-state index in [1.165, 1.54) is 12.1 Å². The van der Waals surface area contributed by atoms with E-state index in [1.54, 1.807) is 23.5 Å². The Morgan fingerprint density at radius 1 is 1.43 bits per heavy atom. The van der Waals surface area contributed by atoms with Gasteiger partial charge in [0.15, 0.2) is 0 Å². The molecule has 5 heteroatoms. The second-order valence-electron chi connectivity index (χ2n) is 5.68. The zero-order valence-corrected chi connectivity index (χ0v) is 13.0. The molecule has 1 saturated heterocycles. The predicted octanol–water partition coefficient (Wildman–Crippen LogP) is 3.61. The second kappa shape index (κ2) is 5.83. The third kappa shape index (κ3) is 3.15. The van der Waals surface area contributed by atoms with Crippen LogP contribution < -0.4 is 5.32 Å². The van der Waals surface area contributed by atoms with Gasteiger partial charge in [-0.3, -0.25) is 0 Å². The van der Waals surface area contributed by atoms with Gasteiger partial charge in [-0.15, -0.1) is 11.3 Å². The van der Waals surface area contributed by atoms with Crippen LogP contribution in [0.1, 0.15) is 26.0 Å². The number of benzene rings is 1. The summed E-state index contributed by atoms with van der Waals surface area (Å²) in [5.41, 5.74) is 1.98. The standard InChI is InChI=1S/C16H19FN2OS/c1-11-16(2,7-8-20-11)18-9-14-10-21-15(19-14)12-3-5-13(17)6-4-12/h3-6,10-11,18H,7-9H2,1-2H3. The van der Waals surface area contributed by atoms with Crippen LogP contribution in [0.2, 0.25) is 0 Å². The first kappa shape index (κ1) is 14.6. The molecule has 0 radical (unpaired) electrons. The highest BCUT2D eigenvalue weighted by atomic mass is 32.1. The number of nitrogens with one attached hydrogen (secondary N) is 1. The van der Waals surface area contributed by atoms with Crippen LogP contribution in [0.5, 0.6) is 0 Å².